The highest BCUT2D eigenvalue weighted by Gasteiger charge is 2.13. The van der Waals surface area contributed by atoms with Crippen LogP contribution in [0.3, 0.4) is 0 Å². The van der Waals surface area contributed by atoms with Crippen LogP contribution in [-0.2, 0) is 0 Å². The van der Waals surface area contributed by atoms with Gasteiger partial charge in [-0.2, -0.15) is 0 Å². The summed E-state index contributed by atoms with van der Waals surface area (Å²) in [5.74, 6) is 0.137. The number of benzene rings is 1. The zero-order valence-electron chi connectivity index (χ0n) is 8.83. The summed E-state index contributed by atoms with van der Waals surface area (Å²) >= 11 is 3.13. The third kappa shape index (κ3) is 3.59. The van der Waals surface area contributed by atoms with Crippen molar-refractivity contribution in [2.45, 2.75) is 13.0 Å². The molecule has 0 saturated heterocycles. The molecule has 0 fully saturated rings. The van der Waals surface area contributed by atoms with Gasteiger partial charge in [-0.25, -0.2) is 0 Å². The molecule has 1 rings (SSSR count). The summed E-state index contributed by atoms with van der Waals surface area (Å²) in [7, 11) is 0. The molecule has 8 heteroatoms. The molecule has 0 heterocycles. The van der Waals surface area contributed by atoms with Crippen LogP contribution in [0, 0.1) is 10.1 Å². The Bertz CT molecular complexity index is 464. The number of nitro groups is 1. The SMILES string of the molecule is CC(Oc1cc(Br)cc([N+](=O)[O-])c1)/C(N)=N/O. The summed E-state index contributed by atoms with van der Waals surface area (Å²) in [5.41, 5.74) is 5.22. The standard InChI is InChI=1S/C9H10BrN3O4/c1-5(9(11)12-14)17-8-3-6(10)2-7(4-8)13(15)16/h2-5,14H,1H3,(H2,11,12). The molecular weight excluding hydrogens is 294 g/mol. The highest BCUT2D eigenvalue weighted by molar-refractivity contribution is 9.10. The van der Waals surface area contributed by atoms with E-state index in [4.69, 9.17) is 15.7 Å². The van der Waals surface area contributed by atoms with Gasteiger partial charge in [-0.05, 0) is 13.0 Å². The third-order valence-corrected chi connectivity index (χ3v) is 2.37. The van der Waals surface area contributed by atoms with E-state index in [2.05, 4.69) is 21.1 Å². The van der Waals surface area contributed by atoms with Crippen LogP contribution >= 0.6 is 15.9 Å². The molecule has 7 nitrogen and oxygen atoms in total. The Morgan fingerprint density at radius 1 is 1.65 bits per heavy atom. The van der Waals surface area contributed by atoms with Crippen LogP contribution in [0.2, 0.25) is 0 Å². The van der Waals surface area contributed by atoms with E-state index in [1.165, 1.54) is 12.1 Å². The van der Waals surface area contributed by atoms with E-state index in [-0.39, 0.29) is 17.3 Å². The van der Waals surface area contributed by atoms with Crippen LogP contribution in [-0.4, -0.2) is 22.1 Å². The molecule has 0 saturated carbocycles. The van der Waals surface area contributed by atoms with Gasteiger partial charge >= 0.3 is 0 Å². The second-order valence-corrected chi connectivity index (χ2v) is 4.10. The molecule has 0 aliphatic heterocycles. The minimum atomic E-state index is -0.686. The molecule has 0 spiro atoms. The van der Waals surface area contributed by atoms with Gasteiger partial charge in [0.1, 0.15) is 5.75 Å². The van der Waals surface area contributed by atoms with Crippen LogP contribution in [0.1, 0.15) is 6.92 Å². The lowest BCUT2D eigenvalue weighted by atomic mass is 10.3. The number of nitrogens with two attached hydrogens (primary N) is 1. The van der Waals surface area contributed by atoms with Crippen molar-refractivity contribution in [2.75, 3.05) is 0 Å². The number of halogens is 1. The van der Waals surface area contributed by atoms with Gasteiger partial charge in [0, 0.05) is 10.5 Å². The van der Waals surface area contributed by atoms with Crippen molar-refractivity contribution >= 4 is 27.5 Å². The summed E-state index contributed by atoms with van der Waals surface area (Å²) in [6.07, 6.45) is -0.686. The number of amidine groups is 1. The Morgan fingerprint density at radius 2 is 2.29 bits per heavy atom. The first-order valence-corrected chi connectivity index (χ1v) is 5.32. The number of nitrogens with zero attached hydrogens (tertiary/aromatic N) is 2. The van der Waals surface area contributed by atoms with Crippen LogP contribution in [0.4, 0.5) is 5.69 Å². The van der Waals surface area contributed by atoms with E-state index in [0.29, 0.717) is 4.47 Å². The summed E-state index contributed by atoms with van der Waals surface area (Å²) in [6.45, 7) is 1.56. The van der Waals surface area contributed by atoms with Crippen molar-refractivity contribution in [3.63, 3.8) is 0 Å². The smallest absolute Gasteiger partial charge is 0.274 e. The quantitative estimate of drug-likeness (QED) is 0.290. The van der Waals surface area contributed by atoms with E-state index >= 15 is 0 Å². The lowest BCUT2D eigenvalue weighted by Crippen LogP contribution is -2.31. The van der Waals surface area contributed by atoms with E-state index in [9.17, 15) is 10.1 Å². The molecule has 1 aromatic carbocycles. The fourth-order valence-corrected chi connectivity index (χ4v) is 1.53. The molecule has 0 aliphatic carbocycles. The first-order valence-electron chi connectivity index (χ1n) is 4.53. The van der Waals surface area contributed by atoms with Gasteiger partial charge in [-0.3, -0.25) is 10.1 Å². The Hall–Kier alpha value is -1.83. The van der Waals surface area contributed by atoms with Gasteiger partial charge in [0.15, 0.2) is 11.9 Å². The minimum Gasteiger partial charge on any atom is -0.482 e. The van der Waals surface area contributed by atoms with Gasteiger partial charge < -0.3 is 15.7 Å². The molecule has 3 N–H and O–H groups in total. The number of ether oxygens (including phenoxy) is 1. The Labute approximate surface area is 105 Å². The van der Waals surface area contributed by atoms with E-state index in [1.54, 1.807) is 13.0 Å². The number of nitro benzene ring substituents is 1. The van der Waals surface area contributed by atoms with Gasteiger partial charge in [0.2, 0.25) is 0 Å². The van der Waals surface area contributed by atoms with Gasteiger partial charge in [-0.15, -0.1) is 0 Å². The Kier molecular flexibility index (Phi) is 4.27. The first kappa shape index (κ1) is 13.2. The lowest BCUT2D eigenvalue weighted by molar-refractivity contribution is -0.385. The number of hydrogen-bond donors (Lipinski definition) is 2. The molecule has 0 bridgehead atoms. The second kappa shape index (κ2) is 5.48. The number of hydrogen-bond acceptors (Lipinski definition) is 5. The third-order valence-electron chi connectivity index (χ3n) is 1.91. The van der Waals surface area contributed by atoms with Crippen molar-refractivity contribution in [2.24, 2.45) is 10.9 Å². The van der Waals surface area contributed by atoms with Crippen molar-refractivity contribution in [3.05, 3.63) is 32.8 Å². The van der Waals surface area contributed by atoms with Crippen LogP contribution < -0.4 is 10.5 Å². The topological polar surface area (TPSA) is 111 Å². The summed E-state index contributed by atoms with van der Waals surface area (Å²) in [4.78, 5) is 10.1. The maximum atomic E-state index is 10.6. The number of oxime groups is 1. The highest BCUT2D eigenvalue weighted by Crippen LogP contribution is 2.26. The Balaban J connectivity index is 2.95. The molecular formula is C9H10BrN3O4. The van der Waals surface area contributed by atoms with Gasteiger partial charge in [0.05, 0.1) is 11.0 Å². The maximum absolute atomic E-state index is 10.6. The monoisotopic (exact) mass is 303 g/mol. The van der Waals surface area contributed by atoms with Crippen molar-refractivity contribution < 1.29 is 14.9 Å². The summed E-state index contributed by atoms with van der Waals surface area (Å²) in [5, 5.41) is 21.9. The zero-order chi connectivity index (χ0) is 13.0. The van der Waals surface area contributed by atoms with Crippen LogP contribution in [0.25, 0.3) is 0 Å². The molecule has 92 valence electrons. The minimum absolute atomic E-state index is 0.110. The molecule has 0 aliphatic rings. The van der Waals surface area contributed by atoms with Gasteiger partial charge in [-0.1, -0.05) is 21.1 Å². The second-order valence-electron chi connectivity index (χ2n) is 3.19. The van der Waals surface area contributed by atoms with E-state index in [1.807, 2.05) is 0 Å². The molecule has 1 aromatic rings. The zero-order valence-corrected chi connectivity index (χ0v) is 10.4. The molecule has 0 radical (unpaired) electrons. The van der Waals surface area contributed by atoms with E-state index in [0.717, 1.165) is 0 Å². The predicted octanol–water partition coefficient (Wildman–Crippen LogP) is 1.87. The number of rotatable bonds is 4. The lowest BCUT2D eigenvalue weighted by Gasteiger charge is -2.12. The fraction of sp³-hybridized carbons (Fsp3) is 0.222. The molecule has 1 unspecified atom stereocenters. The van der Waals surface area contributed by atoms with Crippen LogP contribution in [0.15, 0.2) is 27.8 Å². The predicted molar refractivity (Wildman–Crippen MR) is 64.3 cm³/mol. The largest absolute Gasteiger partial charge is 0.482 e. The summed E-state index contributed by atoms with van der Waals surface area (Å²) < 4.78 is 5.80. The maximum Gasteiger partial charge on any atom is 0.274 e. The molecule has 0 amide bonds. The van der Waals surface area contributed by atoms with Crippen molar-refractivity contribution in [1.29, 1.82) is 0 Å². The van der Waals surface area contributed by atoms with Crippen molar-refractivity contribution in [1.82, 2.24) is 0 Å². The average Bonchev–Trinajstić information content (AvgIpc) is 2.26. The Morgan fingerprint density at radius 3 is 2.82 bits per heavy atom. The molecule has 17 heavy (non-hydrogen) atoms. The number of non-ortho nitro benzene ring substituents is 1. The van der Waals surface area contributed by atoms with Crippen LogP contribution in [0.5, 0.6) is 5.75 Å². The van der Waals surface area contributed by atoms with Gasteiger partial charge in [0.25, 0.3) is 5.69 Å². The molecule has 0 aromatic heterocycles. The fourth-order valence-electron chi connectivity index (χ4n) is 1.07. The highest BCUT2D eigenvalue weighted by atomic mass is 79.9. The normalized spacial score (nSPS) is 13.2. The van der Waals surface area contributed by atoms with Crippen molar-refractivity contribution in [3.8, 4) is 5.75 Å². The average molecular weight is 304 g/mol. The van der Waals surface area contributed by atoms with E-state index < -0.39 is 11.0 Å². The first-order chi connectivity index (χ1) is 7.93. The summed E-state index contributed by atoms with van der Waals surface area (Å²) in [6, 6.07) is 4.15. The molecule has 1 atom stereocenters.